The summed E-state index contributed by atoms with van der Waals surface area (Å²) in [5.41, 5.74) is 2.20. The van der Waals surface area contributed by atoms with Crippen molar-refractivity contribution in [3.05, 3.63) is 24.3 Å². The molecule has 17 heavy (non-hydrogen) atoms. The molecule has 0 spiro atoms. The average molecular weight is 230 g/mol. The molecule has 0 aromatic carbocycles. The zero-order valence-electron chi connectivity index (χ0n) is 10.3. The van der Waals surface area contributed by atoms with Crippen molar-refractivity contribution in [1.82, 2.24) is 19.9 Å². The van der Waals surface area contributed by atoms with Crippen LogP contribution < -0.4 is 5.32 Å². The second kappa shape index (κ2) is 4.11. The molecule has 0 radical (unpaired) electrons. The van der Waals surface area contributed by atoms with Crippen molar-refractivity contribution in [1.29, 1.82) is 0 Å². The van der Waals surface area contributed by atoms with Gasteiger partial charge < -0.3 is 9.88 Å². The van der Waals surface area contributed by atoms with E-state index < -0.39 is 0 Å². The summed E-state index contributed by atoms with van der Waals surface area (Å²) in [5, 5.41) is 3.53. The zero-order chi connectivity index (χ0) is 11.8. The molecule has 0 bridgehead atoms. The Morgan fingerprint density at radius 2 is 2.35 bits per heavy atom. The maximum Gasteiger partial charge on any atom is 0.127 e. The first-order valence-electron chi connectivity index (χ1n) is 6.32. The van der Waals surface area contributed by atoms with E-state index in [4.69, 9.17) is 4.98 Å². The van der Waals surface area contributed by atoms with Gasteiger partial charge in [-0.1, -0.05) is 0 Å². The van der Waals surface area contributed by atoms with Gasteiger partial charge in [-0.05, 0) is 39.3 Å². The van der Waals surface area contributed by atoms with Gasteiger partial charge in [0.2, 0.25) is 0 Å². The molecule has 3 rings (SSSR count). The zero-order valence-corrected chi connectivity index (χ0v) is 10.3. The van der Waals surface area contributed by atoms with E-state index in [9.17, 15) is 0 Å². The van der Waals surface area contributed by atoms with Crippen molar-refractivity contribution in [3.8, 4) is 0 Å². The van der Waals surface area contributed by atoms with Gasteiger partial charge in [0.25, 0.3) is 0 Å². The third-order valence-electron chi connectivity index (χ3n) is 3.41. The van der Waals surface area contributed by atoms with Gasteiger partial charge in [0, 0.05) is 12.2 Å². The topological polar surface area (TPSA) is 42.7 Å². The van der Waals surface area contributed by atoms with Gasteiger partial charge in [-0.15, -0.1) is 0 Å². The summed E-state index contributed by atoms with van der Waals surface area (Å²) in [5.74, 6) is 1.17. The van der Waals surface area contributed by atoms with E-state index in [0.717, 1.165) is 12.1 Å². The van der Waals surface area contributed by atoms with Crippen molar-refractivity contribution in [3.63, 3.8) is 0 Å². The quantitative estimate of drug-likeness (QED) is 0.861. The maximum absolute atomic E-state index is 4.75. The molecule has 1 saturated heterocycles. The standard InChI is InChI=1S/C13H18N4/c1-9(2)17-12-5-7-14-8-11(12)16-13(17)10-4-3-6-15-10/h5,7-10,15H,3-4,6H2,1-2H3. The van der Waals surface area contributed by atoms with Crippen LogP contribution >= 0.6 is 0 Å². The van der Waals surface area contributed by atoms with E-state index in [2.05, 4.69) is 34.8 Å². The van der Waals surface area contributed by atoms with Gasteiger partial charge in [-0.2, -0.15) is 0 Å². The van der Waals surface area contributed by atoms with Crippen LogP contribution in [0.2, 0.25) is 0 Å². The Balaban J connectivity index is 2.18. The molecule has 1 aliphatic rings. The summed E-state index contributed by atoms with van der Waals surface area (Å²) in [6.45, 7) is 5.52. The Morgan fingerprint density at radius 3 is 3.06 bits per heavy atom. The van der Waals surface area contributed by atoms with E-state index in [1.54, 1.807) is 0 Å². The van der Waals surface area contributed by atoms with Crippen LogP contribution in [0.3, 0.4) is 0 Å². The number of nitrogens with zero attached hydrogens (tertiary/aromatic N) is 3. The number of hydrogen-bond acceptors (Lipinski definition) is 3. The predicted molar refractivity (Wildman–Crippen MR) is 67.9 cm³/mol. The van der Waals surface area contributed by atoms with Crippen LogP contribution in [0.1, 0.15) is 44.6 Å². The van der Waals surface area contributed by atoms with Crippen molar-refractivity contribution < 1.29 is 0 Å². The summed E-state index contributed by atoms with van der Waals surface area (Å²) >= 11 is 0. The molecule has 1 aliphatic heterocycles. The molecule has 2 aromatic rings. The number of fused-ring (bicyclic) bond motifs is 1. The van der Waals surface area contributed by atoms with Crippen LogP contribution in [0, 0.1) is 0 Å². The molecule has 1 atom stereocenters. The van der Waals surface area contributed by atoms with Crippen molar-refractivity contribution in [2.45, 2.75) is 38.8 Å². The normalized spacial score (nSPS) is 20.5. The van der Waals surface area contributed by atoms with Crippen LogP contribution in [0.4, 0.5) is 0 Å². The lowest BCUT2D eigenvalue weighted by atomic mass is 10.2. The van der Waals surface area contributed by atoms with E-state index in [1.165, 1.54) is 24.2 Å². The van der Waals surface area contributed by atoms with E-state index in [0.29, 0.717) is 12.1 Å². The SMILES string of the molecule is CC(C)n1c(C2CCCN2)nc2cnccc21. The Morgan fingerprint density at radius 1 is 1.47 bits per heavy atom. The molecule has 1 unspecified atom stereocenters. The first-order chi connectivity index (χ1) is 8.27. The third kappa shape index (κ3) is 1.72. The number of aromatic nitrogens is 3. The Bertz CT molecular complexity index is 523. The minimum Gasteiger partial charge on any atom is -0.324 e. The molecule has 2 aromatic heterocycles. The number of pyridine rings is 1. The first kappa shape index (κ1) is 10.7. The minimum absolute atomic E-state index is 0.407. The summed E-state index contributed by atoms with van der Waals surface area (Å²) in [6, 6.07) is 2.89. The predicted octanol–water partition coefficient (Wildman–Crippen LogP) is 2.44. The van der Waals surface area contributed by atoms with E-state index in [-0.39, 0.29) is 0 Å². The minimum atomic E-state index is 0.407. The number of rotatable bonds is 2. The smallest absolute Gasteiger partial charge is 0.127 e. The van der Waals surface area contributed by atoms with Gasteiger partial charge in [0.15, 0.2) is 0 Å². The van der Waals surface area contributed by atoms with Crippen molar-refractivity contribution in [2.75, 3.05) is 6.54 Å². The maximum atomic E-state index is 4.75. The fourth-order valence-corrected chi connectivity index (χ4v) is 2.66. The number of hydrogen-bond donors (Lipinski definition) is 1. The van der Waals surface area contributed by atoms with Crippen LogP contribution in [0.15, 0.2) is 18.5 Å². The molecule has 4 nitrogen and oxygen atoms in total. The first-order valence-corrected chi connectivity index (χ1v) is 6.32. The van der Waals surface area contributed by atoms with Crippen LogP contribution in [-0.4, -0.2) is 21.1 Å². The Labute approximate surface area is 101 Å². The summed E-state index contributed by atoms with van der Waals surface area (Å²) in [7, 11) is 0. The van der Waals surface area contributed by atoms with Gasteiger partial charge in [-0.25, -0.2) is 4.98 Å². The molecule has 0 amide bonds. The highest BCUT2D eigenvalue weighted by Gasteiger charge is 2.24. The average Bonchev–Trinajstić information content (AvgIpc) is 2.95. The van der Waals surface area contributed by atoms with Gasteiger partial charge in [0.1, 0.15) is 11.3 Å². The second-order valence-corrected chi connectivity index (χ2v) is 4.95. The molecular formula is C13H18N4. The Hall–Kier alpha value is -1.42. The number of nitrogens with one attached hydrogen (secondary N) is 1. The highest BCUT2D eigenvalue weighted by atomic mass is 15.1. The largest absolute Gasteiger partial charge is 0.324 e. The fraction of sp³-hybridized carbons (Fsp3) is 0.538. The second-order valence-electron chi connectivity index (χ2n) is 4.95. The fourth-order valence-electron chi connectivity index (χ4n) is 2.66. The molecular weight excluding hydrogens is 212 g/mol. The summed E-state index contributed by atoms with van der Waals surface area (Å²) < 4.78 is 2.33. The lowest BCUT2D eigenvalue weighted by Gasteiger charge is -2.17. The molecule has 1 N–H and O–H groups in total. The van der Waals surface area contributed by atoms with E-state index >= 15 is 0 Å². The van der Waals surface area contributed by atoms with Gasteiger partial charge in [0.05, 0.1) is 17.8 Å². The molecule has 90 valence electrons. The number of imidazole rings is 1. The molecule has 1 fully saturated rings. The molecule has 4 heteroatoms. The van der Waals surface area contributed by atoms with Crippen LogP contribution in [0.25, 0.3) is 11.0 Å². The summed E-state index contributed by atoms with van der Waals surface area (Å²) in [6.07, 6.45) is 6.12. The summed E-state index contributed by atoms with van der Waals surface area (Å²) in [4.78, 5) is 8.91. The van der Waals surface area contributed by atoms with Crippen molar-refractivity contribution in [2.24, 2.45) is 0 Å². The highest BCUT2D eigenvalue weighted by Crippen LogP contribution is 2.28. The highest BCUT2D eigenvalue weighted by molar-refractivity contribution is 5.75. The van der Waals surface area contributed by atoms with Gasteiger partial charge >= 0.3 is 0 Å². The van der Waals surface area contributed by atoms with E-state index in [1.807, 2.05) is 12.4 Å². The molecule has 3 heterocycles. The Kier molecular flexibility index (Phi) is 2.59. The molecule has 0 saturated carbocycles. The lowest BCUT2D eigenvalue weighted by Crippen LogP contribution is -2.19. The van der Waals surface area contributed by atoms with Gasteiger partial charge in [-0.3, -0.25) is 4.98 Å². The third-order valence-corrected chi connectivity index (χ3v) is 3.41. The lowest BCUT2D eigenvalue weighted by molar-refractivity contribution is 0.517. The van der Waals surface area contributed by atoms with Crippen molar-refractivity contribution >= 4 is 11.0 Å². The molecule has 0 aliphatic carbocycles. The monoisotopic (exact) mass is 230 g/mol. The van der Waals surface area contributed by atoms with Crippen LogP contribution in [0.5, 0.6) is 0 Å². The van der Waals surface area contributed by atoms with Crippen LogP contribution in [-0.2, 0) is 0 Å².